The van der Waals surface area contributed by atoms with Gasteiger partial charge in [0.1, 0.15) is 53.6 Å². The number of carbonyl (C=O) groups is 2. The Morgan fingerprint density at radius 1 is 0.827 bits per heavy atom. The fraction of sp³-hybridized carbons (Fsp3) is 0.419. The number of aliphatic hydroxyl groups excluding tert-OH is 4. The molecular formula is C31H30Br6N4O11. The summed E-state index contributed by atoms with van der Waals surface area (Å²) in [5.74, 6) is -0.0771. The van der Waals surface area contributed by atoms with Gasteiger partial charge in [-0.1, -0.05) is 10.3 Å². The van der Waals surface area contributed by atoms with Crippen LogP contribution in [0.1, 0.15) is 24.5 Å². The third-order valence-corrected chi connectivity index (χ3v) is 12.2. The van der Waals surface area contributed by atoms with Gasteiger partial charge in [-0.15, -0.1) is 0 Å². The lowest BCUT2D eigenvalue weighted by Gasteiger charge is -2.33. The number of carbonyl (C=O) groups excluding carboxylic acids is 2. The van der Waals surface area contributed by atoms with Gasteiger partial charge in [-0.2, -0.15) is 0 Å². The average Bonchev–Trinajstić information content (AvgIpc) is 3.73. The van der Waals surface area contributed by atoms with Crippen LogP contribution < -0.4 is 15.4 Å². The number of methoxy groups -OCH3 is 2. The van der Waals surface area contributed by atoms with Gasteiger partial charge in [0.15, 0.2) is 11.2 Å². The molecule has 0 saturated carbocycles. The highest BCUT2D eigenvalue weighted by Crippen LogP contribution is 2.45. The van der Waals surface area contributed by atoms with Gasteiger partial charge in [-0.05, 0) is 125 Å². The van der Waals surface area contributed by atoms with Crippen molar-refractivity contribution in [1.29, 1.82) is 0 Å². The van der Waals surface area contributed by atoms with Crippen molar-refractivity contribution in [3.63, 3.8) is 0 Å². The second kappa shape index (κ2) is 16.9. The van der Waals surface area contributed by atoms with Crippen LogP contribution in [-0.2, 0) is 28.7 Å². The van der Waals surface area contributed by atoms with Gasteiger partial charge in [0.25, 0.3) is 11.8 Å². The van der Waals surface area contributed by atoms with E-state index in [0.29, 0.717) is 49.7 Å². The number of halogens is 6. The van der Waals surface area contributed by atoms with Crippen LogP contribution in [0.5, 0.6) is 5.75 Å². The molecule has 1 aromatic rings. The third kappa shape index (κ3) is 8.37. The van der Waals surface area contributed by atoms with Gasteiger partial charge in [0.2, 0.25) is 0 Å². The first-order chi connectivity index (χ1) is 24.6. The summed E-state index contributed by atoms with van der Waals surface area (Å²) in [6, 6.07) is 3.19. The number of rotatable bonds is 12. The van der Waals surface area contributed by atoms with Crippen molar-refractivity contribution in [1.82, 2.24) is 10.6 Å². The molecule has 0 bridgehead atoms. The summed E-state index contributed by atoms with van der Waals surface area (Å²) in [6.07, 6.45) is -1.53. The Hall–Kier alpha value is -1.82. The number of hydrogen-bond acceptors (Lipinski definition) is 13. The monoisotopic (exact) mass is 1110 g/mol. The van der Waals surface area contributed by atoms with Gasteiger partial charge < -0.3 is 54.9 Å². The van der Waals surface area contributed by atoms with Crippen molar-refractivity contribution in [2.75, 3.05) is 33.9 Å². The van der Waals surface area contributed by atoms with E-state index in [1.54, 1.807) is 24.3 Å². The number of amides is 2. The van der Waals surface area contributed by atoms with Crippen molar-refractivity contribution >= 4 is 119 Å². The largest absolute Gasteiger partial charge is 0.495 e. The number of hydrogen-bond donors (Lipinski definition) is 6. The van der Waals surface area contributed by atoms with Crippen LogP contribution >= 0.6 is 95.6 Å². The summed E-state index contributed by atoms with van der Waals surface area (Å²) in [5.41, 5.74) is -2.16. The van der Waals surface area contributed by atoms with Crippen LogP contribution in [0.15, 0.2) is 73.0 Å². The molecule has 2 heterocycles. The van der Waals surface area contributed by atoms with E-state index in [1.807, 2.05) is 0 Å². The molecule has 6 N–H and O–H groups in total. The Kier molecular flexibility index (Phi) is 13.4. The molecule has 2 amide bonds. The predicted octanol–water partition coefficient (Wildman–Crippen LogP) is 4.06. The fourth-order valence-corrected chi connectivity index (χ4v) is 10.5. The molecule has 15 nitrogen and oxygen atoms in total. The summed E-state index contributed by atoms with van der Waals surface area (Å²) >= 11 is 20.2. The molecule has 0 radical (unpaired) electrons. The van der Waals surface area contributed by atoms with Crippen LogP contribution in [0, 0.1) is 0 Å². The number of nitrogens with one attached hydrogen (secondary N) is 2. The first kappa shape index (κ1) is 41.3. The lowest BCUT2D eigenvalue weighted by molar-refractivity contribution is -0.116. The molecule has 0 saturated heterocycles. The summed E-state index contributed by atoms with van der Waals surface area (Å²) in [4.78, 5) is 36.8. The van der Waals surface area contributed by atoms with Crippen molar-refractivity contribution in [3.05, 3.63) is 68.2 Å². The van der Waals surface area contributed by atoms with Crippen molar-refractivity contribution < 1.29 is 53.9 Å². The zero-order valence-corrected chi connectivity index (χ0v) is 36.5. The number of allylic oxidation sites excluding steroid dienone is 2. The number of nitrogens with zero attached hydrogens (tertiary/aromatic N) is 2. The smallest absolute Gasteiger partial charge is 0.269 e. The zero-order chi connectivity index (χ0) is 38.1. The van der Waals surface area contributed by atoms with E-state index in [-0.39, 0.29) is 44.0 Å². The normalized spacial score (nSPS) is 26.5. The molecule has 0 aromatic heterocycles. The van der Waals surface area contributed by atoms with E-state index in [1.165, 1.54) is 14.2 Å². The van der Waals surface area contributed by atoms with Gasteiger partial charge >= 0.3 is 0 Å². The minimum atomic E-state index is -1.32. The van der Waals surface area contributed by atoms with Crippen LogP contribution in [-0.4, -0.2) is 107 Å². The lowest BCUT2D eigenvalue weighted by atomic mass is 9.87. The summed E-state index contributed by atoms with van der Waals surface area (Å²) in [7, 11) is 2.91. The molecule has 1 aromatic carbocycles. The lowest BCUT2D eigenvalue weighted by Crippen LogP contribution is -2.45. The van der Waals surface area contributed by atoms with E-state index in [0.717, 1.165) is 0 Å². The topological polar surface area (TPSA) is 210 Å². The maximum Gasteiger partial charge on any atom is 0.269 e. The molecule has 0 fully saturated rings. The first-order valence-electron chi connectivity index (χ1n) is 15.1. The average molecular weight is 1110 g/mol. The standard InChI is InChI=1S/C31H30Br6N4O11/c1-48-24-16(34)5-30(26(44)21(24)36)7-18(40-51-30)28(46)38-9-13(42)11-50-23-14(32)3-12(4-15(23)33)20(43)10-39-29(47)19-8-31(52-41-19)6-17(35)25(49-2)22(37)27(31)45/h3-6,13,20,26-27,42-45H,7-11H2,1-2H3,(H,38,46)(H,39,47)/t13-,20+,26-,27+,30+,31-/m0/s1. The fourth-order valence-electron chi connectivity index (χ4n) is 5.51. The predicted molar refractivity (Wildman–Crippen MR) is 208 cm³/mol. The van der Waals surface area contributed by atoms with Gasteiger partial charge in [0, 0.05) is 25.9 Å². The highest BCUT2D eigenvalue weighted by Gasteiger charge is 2.52. The molecule has 2 spiro atoms. The Balaban J connectivity index is 1.09. The molecule has 2 aliphatic carbocycles. The van der Waals surface area contributed by atoms with E-state index in [2.05, 4.69) is 117 Å². The molecule has 52 heavy (non-hydrogen) atoms. The zero-order valence-electron chi connectivity index (χ0n) is 27.0. The minimum Gasteiger partial charge on any atom is -0.495 e. The Labute approximate surface area is 347 Å². The quantitative estimate of drug-likeness (QED) is 0.176. The van der Waals surface area contributed by atoms with Gasteiger partial charge in [-0.25, -0.2) is 0 Å². The molecule has 2 aliphatic heterocycles. The Morgan fingerprint density at radius 3 is 1.71 bits per heavy atom. The second-order valence-electron chi connectivity index (χ2n) is 11.8. The van der Waals surface area contributed by atoms with Gasteiger partial charge in [-0.3, -0.25) is 9.59 Å². The van der Waals surface area contributed by atoms with Crippen molar-refractivity contribution in [3.8, 4) is 5.75 Å². The second-order valence-corrected chi connectivity index (χ2v) is 16.9. The molecule has 0 unspecified atom stereocenters. The molecule has 5 rings (SSSR count). The molecular weight excluding hydrogens is 1080 g/mol. The van der Waals surface area contributed by atoms with E-state index >= 15 is 0 Å². The molecule has 282 valence electrons. The van der Waals surface area contributed by atoms with E-state index in [4.69, 9.17) is 23.9 Å². The highest BCUT2D eigenvalue weighted by atomic mass is 79.9. The van der Waals surface area contributed by atoms with Crippen LogP contribution in [0.25, 0.3) is 0 Å². The van der Waals surface area contributed by atoms with E-state index in [9.17, 15) is 30.0 Å². The van der Waals surface area contributed by atoms with Crippen LogP contribution in [0.3, 0.4) is 0 Å². The number of oxime groups is 2. The molecule has 21 heteroatoms. The summed E-state index contributed by atoms with van der Waals surface area (Å²) in [6.45, 7) is -0.560. The first-order valence-corrected chi connectivity index (χ1v) is 19.9. The maximum atomic E-state index is 12.9. The Morgan fingerprint density at radius 2 is 1.27 bits per heavy atom. The number of ether oxygens (including phenoxy) is 3. The van der Waals surface area contributed by atoms with Crippen molar-refractivity contribution in [2.45, 2.75) is 48.5 Å². The van der Waals surface area contributed by atoms with Gasteiger partial charge in [0.05, 0.1) is 47.2 Å². The number of benzene rings is 1. The van der Waals surface area contributed by atoms with Crippen molar-refractivity contribution in [2.24, 2.45) is 10.3 Å². The third-order valence-electron chi connectivity index (χ3n) is 8.27. The SMILES string of the molecule is COC1=C(Br)[C@@H](O)[C@]2(C=C1Br)CC(C(=O)NC[C@@H](O)c1cc(Br)c(OC[C@@H](O)CNC(=O)C3=NO[C@]4(C=C(Br)C(OC)=C(Br)[C@@H]4O)C3)c(Br)c1)=NO2. The molecule has 4 aliphatic rings. The summed E-state index contributed by atoms with van der Waals surface area (Å²) in [5, 5.41) is 56.0. The maximum absolute atomic E-state index is 12.9. The van der Waals surface area contributed by atoms with Crippen LogP contribution in [0.4, 0.5) is 0 Å². The van der Waals surface area contributed by atoms with E-state index < -0.39 is 47.4 Å². The minimum absolute atomic E-state index is 0.0225. The van der Waals surface area contributed by atoms with Crippen LogP contribution in [0.2, 0.25) is 0 Å². The number of aliphatic hydroxyl groups is 4. The highest BCUT2D eigenvalue weighted by molar-refractivity contribution is 9.12. The summed E-state index contributed by atoms with van der Waals surface area (Å²) < 4.78 is 18.9. The molecule has 6 atom stereocenters. The Bertz CT molecular complexity index is 1810.